The fraction of sp³-hybridized carbons (Fsp3) is 0.471. The molecule has 0 spiro atoms. The summed E-state index contributed by atoms with van der Waals surface area (Å²) in [6.45, 7) is 3.64. The van der Waals surface area contributed by atoms with E-state index < -0.39 is 0 Å². The lowest BCUT2D eigenvalue weighted by Gasteiger charge is -2.13. The van der Waals surface area contributed by atoms with Crippen molar-refractivity contribution in [2.45, 2.75) is 25.8 Å². The third kappa shape index (κ3) is 4.77. The first kappa shape index (κ1) is 16.4. The molecule has 0 aliphatic carbocycles. The van der Waals surface area contributed by atoms with Crippen molar-refractivity contribution >= 4 is 12.0 Å². The van der Waals surface area contributed by atoms with E-state index in [0.717, 1.165) is 18.5 Å². The fourth-order valence-electron chi connectivity index (χ4n) is 2.46. The molecule has 120 valence electrons. The number of methoxy groups -OCH3 is 1. The zero-order chi connectivity index (χ0) is 15.8. The number of carbonyl (C=O) groups excluding carboxylic acids is 1. The molecular formula is C17H24N2O3. The molecule has 5 heteroatoms. The number of benzene rings is 1. The van der Waals surface area contributed by atoms with Gasteiger partial charge in [0.2, 0.25) is 0 Å². The molecule has 2 N–H and O–H groups in total. The minimum Gasteiger partial charge on any atom is -0.493 e. The monoisotopic (exact) mass is 304 g/mol. The van der Waals surface area contributed by atoms with Crippen LogP contribution >= 0.6 is 0 Å². The van der Waals surface area contributed by atoms with E-state index in [0.29, 0.717) is 24.1 Å². The van der Waals surface area contributed by atoms with Gasteiger partial charge in [-0.2, -0.15) is 0 Å². The summed E-state index contributed by atoms with van der Waals surface area (Å²) in [7, 11) is 1.59. The molecule has 1 atom stereocenters. The molecule has 0 saturated carbocycles. The van der Waals surface area contributed by atoms with Gasteiger partial charge >= 0.3 is 0 Å². The molecule has 1 saturated heterocycles. The van der Waals surface area contributed by atoms with E-state index in [2.05, 4.69) is 10.6 Å². The van der Waals surface area contributed by atoms with Gasteiger partial charge in [0, 0.05) is 12.6 Å². The van der Waals surface area contributed by atoms with Gasteiger partial charge < -0.3 is 20.1 Å². The molecule has 0 aromatic heterocycles. The third-order valence-corrected chi connectivity index (χ3v) is 3.61. The molecular weight excluding hydrogens is 280 g/mol. The van der Waals surface area contributed by atoms with Gasteiger partial charge in [-0.1, -0.05) is 18.2 Å². The molecule has 1 aliphatic heterocycles. The highest BCUT2D eigenvalue weighted by Crippen LogP contribution is 2.28. The Morgan fingerprint density at radius 3 is 3.00 bits per heavy atom. The standard InChI is InChI=1S/C17H24N2O3/c1-3-5-13-7-8-15(16(10-13)21-2)22-12-17(20)19-11-14-6-4-9-18-14/h3,5,7-8,10,14,18H,4,6,9,11-12H2,1-2H3,(H,19,20)/b5-3+. The summed E-state index contributed by atoms with van der Waals surface area (Å²) in [6.07, 6.45) is 6.22. The van der Waals surface area contributed by atoms with Gasteiger partial charge in [-0.25, -0.2) is 0 Å². The Labute approximate surface area is 131 Å². The van der Waals surface area contributed by atoms with E-state index in [1.165, 1.54) is 6.42 Å². The first-order chi connectivity index (χ1) is 10.7. The molecule has 1 fully saturated rings. The molecule has 1 heterocycles. The van der Waals surface area contributed by atoms with Crippen LogP contribution in [-0.4, -0.2) is 38.8 Å². The Morgan fingerprint density at radius 1 is 1.45 bits per heavy atom. The number of hydrogen-bond acceptors (Lipinski definition) is 4. The largest absolute Gasteiger partial charge is 0.493 e. The van der Waals surface area contributed by atoms with Gasteiger partial charge in [0.25, 0.3) is 5.91 Å². The Morgan fingerprint density at radius 2 is 2.32 bits per heavy atom. The third-order valence-electron chi connectivity index (χ3n) is 3.61. The van der Waals surface area contributed by atoms with Crippen LogP contribution in [0, 0.1) is 0 Å². The Bertz CT molecular complexity index is 523. The molecule has 1 amide bonds. The van der Waals surface area contributed by atoms with Crippen molar-refractivity contribution in [2.75, 3.05) is 26.8 Å². The molecule has 1 aromatic rings. The lowest BCUT2D eigenvalue weighted by atomic mass is 10.2. The van der Waals surface area contributed by atoms with Crippen LogP contribution in [0.15, 0.2) is 24.3 Å². The van der Waals surface area contributed by atoms with E-state index >= 15 is 0 Å². The molecule has 1 unspecified atom stereocenters. The van der Waals surface area contributed by atoms with Gasteiger partial charge in [0.1, 0.15) is 0 Å². The quantitative estimate of drug-likeness (QED) is 0.808. The first-order valence-electron chi connectivity index (χ1n) is 7.66. The summed E-state index contributed by atoms with van der Waals surface area (Å²) in [4.78, 5) is 11.8. The summed E-state index contributed by atoms with van der Waals surface area (Å²) in [5, 5.41) is 6.23. The molecule has 1 aromatic carbocycles. The topological polar surface area (TPSA) is 59.6 Å². The second-order valence-corrected chi connectivity index (χ2v) is 5.30. The lowest BCUT2D eigenvalue weighted by molar-refractivity contribution is -0.123. The van der Waals surface area contributed by atoms with Crippen molar-refractivity contribution in [3.05, 3.63) is 29.8 Å². The highest BCUT2D eigenvalue weighted by Gasteiger charge is 2.15. The van der Waals surface area contributed by atoms with Gasteiger partial charge in [-0.3, -0.25) is 4.79 Å². The van der Waals surface area contributed by atoms with Crippen LogP contribution in [0.3, 0.4) is 0 Å². The molecule has 22 heavy (non-hydrogen) atoms. The van der Waals surface area contributed by atoms with E-state index in [1.807, 2.05) is 37.3 Å². The SMILES string of the molecule is C/C=C/c1ccc(OCC(=O)NCC2CCCN2)c(OC)c1. The number of allylic oxidation sites excluding steroid dienone is 1. The number of ether oxygens (including phenoxy) is 2. The summed E-state index contributed by atoms with van der Waals surface area (Å²) < 4.78 is 10.9. The Hall–Kier alpha value is -2.01. The second kappa shape index (κ2) is 8.44. The van der Waals surface area contributed by atoms with Gasteiger partial charge in [0.15, 0.2) is 18.1 Å². The molecule has 0 radical (unpaired) electrons. The Balaban J connectivity index is 1.83. The molecule has 1 aliphatic rings. The average molecular weight is 304 g/mol. The number of amides is 1. The minimum atomic E-state index is -0.117. The summed E-state index contributed by atoms with van der Waals surface area (Å²) in [6, 6.07) is 6.02. The van der Waals surface area contributed by atoms with Crippen molar-refractivity contribution in [2.24, 2.45) is 0 Å². The predicted octanol–water partition coefficient (Wildman–Crippen LogP) is 1.98. The normalized spacial score (nSPS) is 17.6. The van der Waals surface area contributed by atoms with E-state index in [9.17, 15) is 4.79 Å². The van der Waals surface area contributed by atoms with Gasteiger partial charge in [0.05, 0.1) is 7.11 Å². The second-order valence-electron chi connectivity index (χ2n) is 5.30. The van der Waals surface area contributed by atoms with Crippen LogP contribution in [0.25, 0.3) is 6.08 Å². The molecule has 0 bridgehead atoms. The van der Waals surface area contributed by atoms with Crippen LogP contribution in [-0.2, 0) is 4.79 Å². The van der Waals surface area contributed by atoms with E-state index in [4.69, 9.17) is 9.47 Å². The van der Waals surface area contributed by atoms with Crippen LogP contribution < -0.4 is 20.1 Å². The van der Waals surface area contributed by atoms with Crippen molar-refractivity contribution in [1.82, 2.24) is 10.6 Å². The summed E-state index contributed by atoms with van der Waals surface area (Å²) in [5.74, 6) is 1.08. The summed E-state index contributed by atoms with van der Waals surface area (Å²) in [5.41, 5.74) is 1.03. The maximum Gasteiger partial charge on any atom is 0.257 e. The van der Waals surface area contributed by atoms with E-state index in [-0.39, 0.29) is 12.5 Å². The zero-order valence-electron chi connectivity index (χ0n) is 13.2. The van der Waals surface area contributed by atoms with Gasteiger partial charge in [-0.15, -0.1) is 0 Å². The zero-order valence-corrected chi connectivity index (χ0v) is 13.2. The number of hydrogen-bond donors (Lipinski definition) is 2. The van der Waals surface area contributed by atoms with Crippen molar-refractivity contribution in [3.63, 3.8) is 0 Å². The van der Waals surface area contributed by atoms with Crippen molar-refractivity contribution in [3.8, 4) is 11.5 Å². The lowest BCUT2D eigenvalue weighted by Crippen LogP contribution is -2.39. The first-order valence-corrected chi connectivity index (χ1v) is 7.66. The smallest absolute Gasteiger partial charge is 0.257 e. The average Bonchev–Trinajstić information content (AvgIpc) is 3.05. The van der Waals surface area contributed by atoms with Crippen molar-refractivity contribution < 1.29 is 14.3 Å². The van der Waals surface area contributed by atoms with Crippen LogP contribution in [0.1, 0.15) is 25.3 Å². The molecule has 2 rings (SSSR count). The maximum atomic E-state index is 11.8. The fourth-order valence-corrected chi connectivity index (χ4v) is 2.46. The van der Waals surface area contributed by atoms with Crippen molar-refractivity contribution in [1.29, 1.82) is 0 Å². The maximum absolute atomic E-state index is 11.8. The highest BCUT2D eigenvalue weighted by molar-refractivity contribution is 5.77. The van der Waals surface area contributed by atoms with Crippen LogP contribution in [0.4, 0.5) is 0 Å². The number of rotatable bonds is 7. The van der Waals surface area contributed by atoms with Crippen LogP contribution in [0.5, 0.6) is 11.5 Å². The van der Waals surface area contributed by atoms with Gasteiger partial charge in [-0.05, 0) is 44.0 Å². The highest BCUT2D eigenvalue weighted by atomic mass is 16.5. The predicted molar refractivity (Wildman–Crippen MR) is 87.2 cm³/mol. The number of nitrogens with one attached hydrogen (secondary N) is 2. The van der Waals surface area contributed by atoms with E-state index in [1.54, 1.807) is 7.11 Å². The Kier molecular flexibility index (Phi) is 6.27. The minimum absolute atomic E-state index is 0.00789. The van der Waals surface area contributed by atoms with Crippen LogP contribution in [0.2, 0.25) is 0 Å². The summed E-state index contributed by atoms with van der Waals surface area (Å²) >= 11 is 0. The molecule has 5 nitrogen and oxygen atoms in total. The number of carbonyl (C=O) groups is 1.